The summed E-state index contributed by atoms with van der Waals surface area (Å²) in [6.07, 6.45) is 3.95. The molecular weight excluding hydrogens is 596 g/mol. The number of fused-ring (bicyclic) bond motifs is 1. The summed E-state index contributed by atoms with van der Waals surface area (Å²) in [6, 6.07) is 20.6. The molecule has 1 amide bonds. The summed E-state index contributed by atoms with van der Waals surface area (Å²) in [6.45, 7) is 7.34. The Morgan fingerprint density at radius 2 is 1.72 bits per heavy atom. The highest BCUT2D eigenvalue weighted by molar-refractivity contribution is 9.10. The summed E-state index contributed by atoms with van der Waals surface area (Å²) in [4.78, 5) is 22.9. The summed E-state index contributed by atoms with van der Waals surface area (Å²) in [5.41, 5.74) is 0.688. The number of piperidine rings is 1. The first-order valence-corrected chi connectivity index (χ1v) is 16.1. The minimum absolute atomic E-state index is 0.0810. The SMILES string of the molecule is CC(C)(C)[Si](OCC1CCC(c2nc(Br)c3c(Cl)nccn23)CN1C(=O)O)(c1ccccc1)c1ccccc1. The lowest BCUT2D eigenvalue weighted by atomic mass is 9.92. The van der Waals surface area contributed by atoms with Crippen molar-refractivity contribution < 1.29 is 14.3 Å². The first-order valence-electron chi connectivity index (χ1n) is 13.1. The van der Waals surface area contributed by atoms with E-state index in [0.717, 1.165) is 12.2 Å². The molecule has 0 radical (unpaired) electrons. The molecule has 2 atom stereocenters. The first kappa shape index (κ1) is 27.8. The number of amides is 1. The minimum Gasteiger partial charge on any atom is -0.465 e. The summed E-state index contributed by atoms with van der Waals surface area (Å²) in [5.74, 6) is 0.696. The van der Waals surface area contributed by atoms with Gasteiger partial charge in [-0.05, 0) is 44.2 Å². The molecule has 10 heteroatoms. The van der Waals surface area contributed by atoms with Gasteiger partial charge in [0, 0.05) is 24.9 Å². The number of rotatable bonds is 6. The third-order valence-corrected chi connectivity index (χ3v) is 13.6. The Balaban J connectivity index is 1.45. The number of aromatic nitrogens is 3. The number of carbonyl (C=O) groups is 1. The van der Waals surface area contributed by atoms with Gasteiger partial charge in [0.25, 0.3) is 8.32 Å². The van der Waals surface area contributed by atoms with E-state index in [1.165, 1.54) is 15.3 Å². The molecule has 204 valence electrons. The standard InChI is InChI=1S/C29H32BrClN4O3Si/c1-29(2,3)39(22-10-6-4-7-11-22,23-12-8-5-9-13-23)38-19-21-15-14-20(18-35(21)28(36)37)27-33-25(30)24-26(31)32-16-17-34(24)27/h4-13,16-17,20-21H,14-15,18-19H2,1-3H3,(H,36,37). The van der Waals surface area contributed by atoms with Crippen molar-refractivity contribution in [2.75, 3.05) is 13.2 Å². The van der Waals surface area contributed by atoms with Gasteiger partial charge in [-0.1, -0.05) is 93.0 Å². The number of likely N-dealkylation sites (tertiary alicyclic amines) is 1. The highest BCUT2D eigenvalue weighted by Crippen LogP contribution is 2.38. The fraction of sp³-hybridized carbons (Fsp3) is 0.345. The van der Waals surface area contributed by atoms with Crippen LogP contribution in [-0.2, 0) is 4.43 Å². The molecular formula is C29H32BrClN4O3Si. The lowest BCUT2D eigenvalue weighted by Crippen LogP contribution is -2.67. The Morgan fingerprint density at radius 3 is 2.28 bits per heavy atom. The Labute approximate surface area is 243 Å². The third-order valence-electron chi connectivity index (χ3n) is 7.72. The molecule has 0 saturated carbocycles. The predicted octanol–water partition coefficient (Wildman–Crippen LogP) is 5.95. The van der Waals surface area contributed by atoms with Gasteiger partial charge in [0.15, 0.2) is 5.15 Å². The van der Waals surface area contributed by atoms with E-state index in [4.69, 9.17) is 21.0 Å². The highest BCUT2D eigenvalue weighted by Gasteiger charge is 2.51. The second-order valence-electron chi connectivity index (χ2n) is 11.0. The second kappa shape index (κ2) is 11.0. The number of imidazole rings is 1. The van der Waals surface area contributed by atoms with E-state index in [9.17, 15) is 9.90 Å². The van der Waals surface area contributed by atoms with Gasteiger partial charge in [-0.25, -0.2) is 14.8 Å². The van der Waals surface area contributed by atoms with Crippen LogP contribution >= 0.6 is 27.5 Å². The molecule has 4 aromatic rings. The number of benzene rings is 2. The summed E-state index contributed by atoms with van der Waals surface area (Å²) >= 11 is 9.82. The minimum atomic E-state index is -2.78. The van der Waals surface area contributed by atoms with Crippen LogP contribution in [0.5, 0.6) is 0 Å². The number of nitrogens with zero attached hydrogens (tertiary/aromatic N) is 4. The largest absolute Gasteiger partial charge is 0.465 e. The molecule has 7 nitrogen and oxygen atoms in total. The fourth-order valence-electron chi connectivity index (χ4n) is 5.90. The fourth-order valence-corrected chi connectivity index (χ4v) is 11.4. The zero-order valence-electron chi connectivity index (χ0n) is 22.2. The summed E-state index contributed by atoms with van der Waals surface area (Å²) in [7, 11) is -2.78. The summed E-state index contributed by atoms with van der Waals surface area (Å²) < 4.78 is 9.61. The van der Waals surface area contributed by atoms with Gasteiger partial charge < -0.3 is 14.4 Å². The van der Waals surface area contributed by atoms with E-state index in [1.807, 2.05) is 22.7 Å². The van der Waals surface area contributed by atoms with Crippen molar-refractivity contribution in [3.05, 3.63) is 88.6 Å². The van der Waals surface area contributed by atoms with E-state index >= 15 is 0 Å². The molecule has 0 bridgehead atoms. The van der Waals surface area contributed by atoms with Crippen molar-refractivity contribution in [2.45, 2.75) is 50.6 Å². The molecule has 2 aromatic heterocycles. The van der Waals surface area contributed by atoms with Crippen LogP contribution in [0.15, 0.2) is 77.7 Å². The van der Waals surface area contributed by atoms with Gasteiger partial charge >= 0.3 is 6.09 Å². The molecule has 1 fully saturated rings. The maximum absolute atomic E-state index is 12.5. The van der Waals surface area contributed by atoms with E-state index < -0.39 is 14.4 Å². The third kappa shape index (κ3) is 5.13. The molecule has 1 aliphatic heterocycles. The Kier molecular flexibility index (Phi) is 7.88. The van der Waals surface area contributed by atoms with E-state index in [-0.39, 0.29) is 17.0 Å². The van der Waals surface area contributed by atoms with Crippen LogP contribution in [0, 0.1) is 0 Å². The van der Waals surface area contributed by atoms with Crippen LogP contribution in [0.25, 0.3) is 5.52 Å². The van der Waals surface area contributed by atoms with E-state index in [2.05, 4.69) is 90.2 Å². The van der Waals surface area contributed by atoms with Crippen molar-refractivity contribution in [2.24, 2.45) is 0 Å². The molecule has 1 aliphatic rings. The molecule has 1 saturated heterocycles. The average Bonchev–Trinajstić information content (AvgIpc) is 3.27. The van der Waals surface area contributed by atoms with Gasteiger partial charge in [-0.15, -0.1) is 0 Å². The van der Waals surface area contributed by atoms with Gasteiger partial charge in [0.1, 0.15) is 15.9 Å². The first-order chi connectivity index (χ1) is 18.6. The highest BCUT2D eigenvalue weighted by atomic mass is 79.9. The molecule has 2 unspecified atom stereocenters. The van der Waals surface area contributed by atoms with Crippen LogP contribution in [-0.4, -0.2) is 58.0 Å². The van der Waals surface area contributed by atoms with Gasteiger partial charge in [-0.2, -0.15) is 0 Å². The average molecular weight is 628 g/mol. The maximum atomic E-state index is 12.5. The van der Waals surface area contributed by atoms with Crippen molar-refractivity contribution in [3.8, 4) is 0 Å². The van der Waals surface area contributed by atoms with Crippen LogP contribution in [0.1, 0.15) is 45.4 Å². The molecule has 3 heterocycles. The molecule has 0 aliphatic carbocycles. The monoisotopic (exact) mass is 626 g/mol. The number of hydrogen-bond acceptors (Lipinski definition) is 4. The Morgan fingerprint density at radius 1 is 1.10 bits per heavy atom. The van der Waals surface area contributed by atoms with Crippen LogP contribution in [0.4, 0.5) is 4.79 Å². The van der Waals surface area contributed by atoms with Crippen molar-refractivity contribution in [1.82, 2.24) is 19.3 Å². The topological polar surface area (TPSA) is 80.0 Å². The van der Waals surface area contributed by atoms with E-state index in [0.29, 0.717) is 34.8 Å². The van der Waals surface area contributed by atoms with E-state index in [1.54, 1.807) is 6.20 Å². The molecule has 2 aromatic carbocycles. The van der Waals surface area contributed by atoms with Crippen molar-refractivity contribution in [3.63, 3.8) is 0 Å². The van der Waals surface area contributed by atoms with Crippen molar-refractivity contribution >= 4 is 57.8 Å². The normalized spacial score (nSPS) is 18.4. The Hall–Kier alpha value is -2.72. The Bertz CT molecular complexity index is 1420. The quantitative estimate of drug-likeness (QED) is 0.268. The molecule has 0 spiro atoms. The lowest BCUT2D eigenvalue weighted by molar-refractivity contribution is 0.0735. The van der Waals surface area contributed by atoms with Gasteiger partial charge in [0.2, 0.25) is 0 Å². The summed E-state index contributed by atoms with van der Waals surface area (Å²) in [5, 5.41) is 12.8. The van der Waals surface area contributed by atoms with Crippen LogP contribution in [0.3, 0.4) is 0 Å². The zero-order chi connectivity index (χ0) is 27.8. The van der Waals surface area contributed by atoms with Crippen LogP contribution < -0.4 is 10.4 Å². The number of halogens is 2. The zero-order valence-corrected chi connectivity index (χ0v) is 25.6. The smallest absolute Gasteiger partial charge is 0.407 e. The number of carboxylic acid groups (broad SMARTS) is 1. The van der Waals surface area contributed by atoms with Gasteiger partial charge in [-0.3, -0.25) is 4.40 Å². The van der Waals surface area contributed by atoms with Crippen molar-refractivity contribution in [1.29, 1.82) is 0 Å². The van der Waals surface area contributed by atoms with Gasteiger partial charge in [0.05, 0.1) is 12.6 Å². The number of hydrogen-bond donors (Lipinski definition) is 1. The lowest BCUT2D eigenvalue weighted by Gasteiger charge is -2.45. The molecule has 1 N–H and O–H groups in total. The van der Waals surface area contributed by atoms with Crippen LogP contribution in [0.2, 0.25) is 10.2 Å². The molecule has 39 heavy (non-hydrogen) atoms. The maximum Gasteiger partial charge on any atom is 0.407 e. The second-order valence-corrected chi connectivity index (χ2v) is 16.4. The predicted molar refractivity (Wildman–Crippen MR) is 160 cm³/mol. The molecule has 5 rings (SSSR count).